The van der Waals surface area contributed by atoms with E-state index in [0.717, 1.165) is 11.4 Å². The normalized spacial score (nSPS) is 12.9. The van der Waals surface area contributed by atoms with Crippen molar-refractivity contribution in [3.05, 3.63) is 23.8 Å². The van der Waals surface area contributed by atoms with Crippen LogP contribution in [0.4, 0.5) is 11.4 Å². The molecule has 2 nitrogen and oxygen atoms in total. The zero-order valence-corrected chi connectivity index (χ0v) is 11.1. The average molecular weight is 220 g/mol. The highest BCUT2D eigenvalue weighted by molar-refractivity contribution is 5.68. The lowest BCUT2D eigenvalue weighted by molar-refractivity contribution is 0.504. The zero-order valence-electron chi connectivity index (χ0n) is 11.1. The highest BCUT2D eigenvalue weighted by atomic mass is 15.1. The summed E-state index contributed by atoms with van der Waals surface area (Å²) < 4.78 is 0. The Morgan fingerprint density at radius 1 is 1.25 bits per heavy atom. The van der Waals surface area contributed by atoms with Crippen molar-refractivity contribution in [2.45, 2.75) is 40.2 Å². The molecule has 1 atom stereocenters. The van der Waals surface area contributed by atoms with Gasteiger partial charge in [-0.1, -0.05) is 19.9 Å². The van der Waals surface area contributed by atoms with Gasteiger partial charge in [0.15, 0.2) is 0 Å². The van der Waals surface area contributed by atoms with Gasteiger partial charge in [-0.25, -0.2) is 0 Å². The van der Waals surface area contributed by atoms with Gasteiger partial charge in [-0.2, -0.15) is 0 Å². The Bertz CT molecular complexity index is 345. The lowest BCUT2D eigenvalue weighted by atomic mass is 10.0. The van der Waals surface area contributed by atoms with Crippen LogP contribution >= 0.6 is 0 Å². The molecule has 0 saturated carbocycles. The monoisotopic (exact) mass is 220 g/mol. The highest BCUT2D eigenvalue weighted by Gasteiger charge is 2.13. The second kappa shape index (κ2) is 5.24. The topological polar surface area (TPSA) is 29.3 Å². The smallest absolute Gasteiger partial charge is 0.0602 e. The summed E-state index contributed by atoms with van der Waals surface area (Å²) in [5, 5.41) is 0. The Kier molecular flexibility index (Phi) is 4.22. The fraction of sp³-hybridized carbons (Fsp3) is 0.571. The van der Waals surface area contributed by atoms with Crippen molar-refractivity contribution in [2.75, 3.05) is 17.7 Å². The molecule has 0 heterocycles. The third kappa shape index (κ3) is 3.16. The fourth-order valence-electron chi connectivity index (χ4n) is 2.04. The molecule has 0 bridgehead atoms. The van der Waals surface area contributed by atoms with E-state index in [1.54, 1.807) is 0 Å². The maximum atomic E-state index is 6.02. The minimum Gasteiger partial charge on any atom is -0.397 e. The molecule has 0 aliphatic carbocycles. The van der Waals surface area contributed by atoms with Crippen LogP contribution in [-0.4, -0.2) is 13.1 Å². The summed E-state index contributed by atoms with van der Waals surface area (Å²) in [5.41, 5.74) is 9.29. The molecule has 1 aromatic rings. The number of rotatable bonds is 4. The molecule has 1 aromatic carbocycles. The van der Waals surface area contributed by atoms with Crippen LogP contribution in [0.2, 0.25) is 0 Å². The summed E-state index contributed by atoms with van der Waals surface area (Å²) in [6, 6.07) is 6.72. The minimum atomic E-state index is 0.518. The highest BCUT2D eigenvalue weighted by Crippen LogP contribution is 2.26. The summed E-state index contributed by atoms with van der Waals surface area (Å²) in [6.45, 7) is 8.86. The summed E-state index contributed by atoms with van der Waals surface area (Å²) in [4.78, 5) is 2.28. The fourth-order valence-corrected chi connectivity index (χ4v) is 2.04. The first kappa shape index (κ1) is 12.9. The molecule has 0 aliphatic rings. The van der Waals surface area contributed by atoms with E-state index < -0.39 is 0 Å². The van der Waals surface area contributed by atoms with Gasteiger partial charge in [0.1, 0.15) is 0 Å². The van der Waals surface area contributed by atoms with Crippen molar-refractivity contribution in [1.29, 1.82) is 0 Å². The van der Waals surface area contributed by atoms with Crippen LogP contribution in [0.5, 0.6) is 0 Å². The molecular formula is C14H24N2. The van der Waals surface area contributed by atoms with Crippen LogP contribution in [0.3, 0.4) is 0 Å². The second-order valence-corrected chi connectivity index (χ2v) is 5.15. The number of anilines is 2. The third-order valence-electron chi connectivity index (χ3n) is 3.04. The number of nitrogens with two attached hydrogens (primary N) is 1. The largest absolute Gasteiger partial charge is 0.397 e. The van der Waals surface area contributed by atoms with Gasteiger partial charge >= 0.3 is 0 Å². The number of hydrogen-bond donors (Lipinski definition) is 1. The molecule has 0 radical (unpaired) electrons. The van der Waals surface area contributed by atoms with Gasteiger partial charge in [-0.3, -0.25) is 0 Å². The molecule has 0 spiro atoms. The van der Waals surface area contributed by atoms with Crippen LogP contribution in [0.25, 0.3) is 0 Å². The van der Waals surface area contributed by atoms with Gasteiger partial charge in [0.05, 0.1) is 11.4 Å². The van der Waals surface area contributed by atoms with Crippen LogP contribution in [0.15, 0.2) is 18.2 Å². The zero-order chi connectivity index (χ0) is 12.3. The maximum absolute atomic E-state index is 6.02. The van der Waals surface area contributed by atoms with Crippen molar-refractivity contribution in [2.24, 2.45) is 5.92 Å². The van der Waals surface area contributed by atoms with Gasteiger partial charge < -0.3 is 10.6 Å². The van der Waals surface area contributed by atoms with E-state index in [0.29, 0.717) is 12.0 Å². The standard InChI is InChI=1S/C14H24N2/c1-10(2)8-12(4)16(5)14-9-11(3)6-7-13(14)15/h6-7,9-10,12H,8,15H2,1-5H3. The molecular weight excluding hydrogens is 196 g/mol. The minimum absolute atomic E-state index is 0.518. The van der Waals surface area contributed by atoms with Crippen molar-refractivity contribution in [3.8, 4) is 0 Å². The molecule has 0 amide bonds. The first-order chi connectivity index (χ1) is 7.41. The second-order valence-electron chi connectivity index (χ2n) is 5.15. The molecule has 16 heavy (non-hydrogen) atoms. The predicted molar refractivity (Wildman–Crippen MR) is 72.9 cm³/mol. The lowest BCUT2D eigenvalue weighted by Gasteiger charge is -2.29. The summed E-state index contributed by atoms with van der Waals surface area (Å²) in [5.74, 6) is 0.712. The SMILES string of the molecule is Cc1ccc(N)c(N(C)C(C)CC(C)C)c1. The van der Waals surface area contributed by atoms with E-state index in [1.165, 1.54) is 12.0 Å². The molecule has 0 aliphatic heterocycles. The summed E-state index contributed by atoms with van der Waals surface area (Å²) >= 11 is 0. The molecule has 0 aromatic heterocycles. The van der Waals surface area contributed by atoms with Crippen LogP contribution < -0.4 is 10.6 Å². The Labute approximate surface area is 99.5 Å². The Morgan fingerprint density at radius 2 is 1.88 bits per heavy atom. The van der Waals surface area contributed by atoms with Gasteiger partial charge in [0.2, 0.25) is 0 Å². The van der Waals surface area contributed by atoms with Crippen LogP contribution in [0.1, 0.15) is 32.8 Å². The molecule has 1 unspecified atom stereocenters. The number of hydrogen-bond acceptors (Lipinski definition) is 2. The van der Waals surface area contributed by atoms with E-state index in [2.05, 4.69) is 51.8 Å². The van der Waals surface area contributed by atoms with Gasteiger partial charge in [-0.15, -0.1) is 0 Å². The van der Waals surface area contributed by atoms with E-state index in [1.807, 2.05) is 6.07 Å². The molecule has 1 rings (SSSR count). The van der Waals surface area contributed by atoms with Crippen LogP contribution in [0, 0.1) is 12.8 Å². The first-order valence-corrected chi connectivity index (χ1v) is 6.00. The molecule has 2 heteroatoms. The van der Waals surface area contributed by atoms with E-state index in [-0.39, 0.29) is 0 Å². The quantitative estimate of drug-likeness (QED) is 0.787. The summed E-state index contributed by atoms with van der Waals surface area (Å²) in [6.07, 6.45) is 1.18. The number of nitrogens with zero attached hydrogens (tertiary/aromatic N) is 1. The van der Waals surface area contributed by atoms with E-state index in [9.17, 15) is 0 Å². The van der Waals surface area contributed by atoms with Gasteiger partial charge in [0.25, 0.3) is 0 Å². The van der Waals surface area contributed by atoms with Gasteiger partial charge in [0, 0.05) is 13.1 Å². The Hall–Kier alpha value is -1.18. The Balaban J connectivity index is 2.86. The number of aryl methyl sites for hydroxylation is 1. The molecule has 90 valence electrons. The maximum Gasteiger partial charge on any atom is 0.0602 e. The summed E-state index contributed by atoms with van der Waals surface area (Å²) in [7, 11) is 2.12. The number of benzene rings is 1. The Morgan fingerprint density at radius 3 is 2.44 bits per heavy atom. The molecule has 0 saturated heterocycles. The average Bonchev–Trinajstić information content (AvgIpc) is 2.19. The van der Waals surface area contributed by atoms with Crippen molar-refractivity contribution in [3.63, 3.8) is 0 Å². The molecule has 0 fully saturated rings. The molecule has 2 N–H and O–H groups in total. The predicted octanol–water partition coefficient (Wildman–Crippen LogP) is 3.45. The third-order valence-corrected chi connectivity index (χ3v) is 3.04. The first-order valence-electron chi connectivity index (χ1n) is 6.00. The number of nitrogen functional groups attached to an aromatic ring is 1. The van der Waals surface area contributed by atoms with Crippen LogP contribution in [-0.2, 0) is 0 Å². The van der Waals surface area contributed by atoms with Gasteiger partial charge in [-0.05, 0) is 43.9 Å². The van der Waals surface area contributed by atoms with E-state index in [4.69, 9.17) is 5.73 Å². The van der Waals surface area contributed by atoms with Crippen molar-refractivity contribution < 1.29 is 0 Å². The lowest BCUT2D eigenvalue weighted by Crippen LogP contribution is -2.30. The van der Waals surface area contributed by atoms with E-state index >= 15 is 0 Å². The van der Waals surface area contributed by atoms with Crippen molar-refractivity contribution in [1.82, 2.24) is 0 Å². The van der Waals surface area contributed by atoms with Crippen molar-refractivity contribution >= 4 is 11.4 Å².